The van der Waals surface area contributed by atoms with Crippen LogP contribution < -0.4 is 10.5 Å². The van der Waals surface area contributed by atoms with E-state index >= 15 is 0 Å². The Labute approximate surface area is 151 Å². The summed E-state index contributed by atoms with van der Waals surface area (Å²) in [5.41, 5.74) is 2.48. The van der Waals surface area contributed by atoms with E-state index < -0.39 is 0 Å². The number of pyridine rings is 1. The summed E-state index contributed by atoms with van der Waals surface area (Å²) in [5.74, 6) is 0.726. The first kappa shape index (κ1) is 16.4. The highest BCUT2D eigenvalue weighted by molar-refractivity contribution is 5.56. The van der Waals surface area contributed by atoms with Crippen LogP contribution >= 0.6 is 0 Å². The lowest BCUT2D eigenvalue weighted by molar-refractivity contribution is 0.486. The second kappa shape index (κ2) is 7.03. The molecule has 0 aliphatic carbocycles. The van der Waals surface area contributed by atoms with Crippen molar-refractivity contribution >= 4 is 5.95 Å². The third-order valence-corrected chi connectivity index (χ3v) is 4.62. The van der Waals surface area contributed by atoms with Crippen LogP contribution in [0, 0.1) is 6.92 Å². The first-order chi connectivity index (χ1) is 12.7. The van der Waals surface area contributed by atoms with Crippen LogP contribution in [0.3, 0.4) is 0 Å². The maximum atomic E-state index is 12.3. The maximum Gasteiger partial charge on any atom is 0.266 e. The molecule has 1 unspecified atom stereocenters. The minimum atomic E-state index is -0.102. The Morgan fingerprint density at radius 3 is 2.92 bits per heavy atom. The van der Waals surface area contributed by atoms with Crippen LogP contribution in [-0.4, -0.2) is 37.3 Å². The molecule has 0 bridgehead atoms. The monoisotopic (exact) mass is 348 g/mol. The van der Waals surface area contributed by atoms with Gasteiger partial charge in [0.2, 0.25) is 5.95 Å². The number of nitrogens with zero attached hydrogens (tertiary/aromatic N) is 6. The van der Waals surface area contributed by atoms with Crippen molar-refractivity contribution < 1.29 is 0 Å². The molecule has 1 aliphatic rings. The number of rotatable bonds is 4. The van der Waals surface area contributed by atoms with E-state index in [1.54, 1.807) is 35.4 Å². The van der Waals surface area contributed by atoms with E-state index in [-0.39, 0.29) is 11.6 Å². The van der Waals surface area contributed by atoms with Gasteiger partial charge in [-0.15, -0.1) is 0 Å². The molecule has 0 spiro atoms. The Morgan fingerprint density at radius 1 is 1.19 bits per heavy atom. The van der Waals surface area contributed by atoms with Crippen LogP contribution in [0.15, 0.2) is 53.7 Å². The fourth-order valence-corrected chi connectivity index (χ4v) is 3.31. The predicted molar refractivity (Wildman–Crippen MR) is 98.9 cm³/mol. The molecule has 1 saturated heterocycles. The van der Waals surface area contributed by atoms with Crippen LogP contribution in [0.4, 0.5) is 5.95 Å². The van der Waals surface area contributed by atoms with Gasteiger partial charge in [-0.3, -0.25) is 9.78 Å². The second-order valence-corrected chi connectivity index (χ2v) is 6.47. The van der Waals surface area contributed by atoms with Gasteiger partial charge in [-0.05, 0) is 44.0 Å². The molecule has 3 aromatic heterocycles. The third kappa shape index (κ3) is 3.33. The van der Waals surface area contributed by atoms with Gasteiger partial charge in [-0.2, -0.15) is 5.10 Å². The Bertz CT molecular complexity index is 955. The van der Waals surface area contributed by atoms with Crippen molar-refractivity contribution in [1.29, 1.82) is 0 Å². The van der Waals surface area contributed by atoms with Gasteiger partial charge < -0.3 is 4.90 Å². The number of hydrogen-bond donors (Lipinski definition) is 0. The lowest BCUT2D eigenvalue weighted by Crippen LogP contribution is -2.38. The summed E-state index contributed by atoms with van der Waals surface area (Å²) in [6.45, 7) is 3.37. The zero-order chi connectivity index (χ0) is 17.9. The van der Waals surface area contributed by atoms with Crippen molar-refractivity contribution in [1.82, 2.24) is 24.7 Å². The summed E-state index contributed by atoms with van der Waals surface area (Å²) < 4.78 is 1.54. The van der Waals surface area contributed by atoms with Gasteiger partial charge in [0, 0.05) is 42.5 Å². The summed E-state index contributed by atoms with van der Waals surface area (Å²) in [4.78, 5) is 27.6. The second-order valence-electron chi connectivity index (χ2n) is 6.47. The molecule has 7 nitrogen and oxygen atoms in total. The molecule has 0 N–H and O–H groups in total. The highest BCUT2D eigenvalue weighted by Crippen LogP contribution is 2.23. The summed E-state index contributed by atoms with van der Waals surface area (Å²) in [5, 5.41) is 4.55. The zero-order valence-electron chi connectivity index (χ0n) is 14.6. The molecule has 1 fully saturated rings. The van der Waals surface area contributed by atoms with E-state index in [4.69, 9.17) is 0 Å². The Hall–Kier alpha value is -3.09. The van der Waals surface area contributed by atoms with Crippen molar-refractivity contribution in [2.24, 2.45) is 0 Å². The van der Waals surface area contributed by atoms with Crippen LogP contribution in [0.5, 0.6) is 0 Å². The SMILES string of the molecule is Cc1ccnc(N2CCCC2Cn2nc(-c3cccnc3)ccc2=O)n1. The smallest absolute Gasteiger partial charge is 0.266 e. The molecule has 4 rings (SSSR count). The minimum absolute atomic E-state index is 0.102. The fourth-order valence-electron chi connectivity index (χ4n) is 3.31. The van der Waals surface area contributed by atoms with Crippen molar-refractivity contribution in [2.45, 2.75) is 32.4 Å². The molecule has 0 saturated carbocycles. The predicted octanol–water partition coefficient (Wildman–Crippen LogP) is 2.07. The zero-order valence-corrected chi connectivity index (χ0v) is 14.6. The molecular weight excluding hydrogens is 328 g/mol. The highest BCUT2D eigenvalue weighted by atomic mass is 16.1. The van der Waals surface area contributed by atoms with Gasteiger partial charge in [-0.1, -0.05) is 0 Å². The molecule has 0 aromatic carbocycles. The molecule has 4 heterocycles. The first-order valence-corrected chi connectivity index (χ1v) is 8.75. The van der Waals surface area contributed by atoms with E-state index in [0.29, 0.717) is 6.54 Å². The standard InChI is InChI=1S/C19H20N6O/c1-14-8-10-21-19(22-14)24-11-3-5-16(24)13-25-18(26)7-6-17(23-25)15-4-2-9-20-12-15/h2,4,6-10,12,16H,3,5,11,13H2,1H3. The Kier molecular flexibility index (Phi) is 4.43. The lowest BCUT2D eigenvalue weighted by Gasteiger charge is -2.25. The summed E-state index contributed by atoms with van der Waals surface area (Å²) in [6, 6.07) is 9.15. The molecule has 3 aromatic rings. The summed E-state index contributed by atoms with van der Waals surface area (Å²) in [6.07, 6.45) is 7.29. The summed E-state index contributed by atoms with van der Waals surface area (Å²) >= 11 is 0. The minimum Gasteiger partial charge on any atom is -0.336 e. The molecule has 7 heteroatoms. The molecule has 1 aliphatic heterocycles. The van der Waals surface area contributed by atoms with Gasteiger partial charge in [0.25, 0.3) is 5.56 Å². The molecular formula is C19H20N6O. The van der Waals surface area contributed by atoms with Crippen LogP contribution in [0.25, 0.3) is 11.3 Å². The van der Waals surface area contributed by atoms with Crippen molar-refractivity contribution in [3.05, 3.63) is 65.0 Å². The van der Waals surface area contributed by atoms with Crippen molar-refractivity contribution in [2.75, 3.05) is 11.4 Å². The summed E-state index contributed by atoms with van der Waals surface area (Å²) in [7, 11) is 0. The fraction of sp³-hybridized carbons (Fsp3) is 0.316. The van der Waals surface area contributed by atoms with Gasteiger partial charge in [0.1, 0.15) is 0 Å². The van der Waals surface area contributed by atoms with Gasteiger partial charge in [0.15, 0.2) is 0 Å². The molecule has 0 amide bonds. The quantitative estimate of drug-likeness (QED) is 0.718. The van der Waals surface area contributed by atoms with Gasteiger partial charge in [-0.25, -0.2) is 14.6 Å². The van der Waals surface area contributed by atoms with E-state index in [2.05, 4.69) is 25.0 Å². The van der Waals surface area contributed by atoms with Crippen LogP contribution in [-0.2, 0) is 6.54 Å². The third-order valence-electron chi connectivity index (χ3n) is 4.62. The number of anilines is 1. The largest absolute Gasteiger partial charge is 0.336 e. The molecule has 26 heavy (non-hydrogen) atoms. The Balaban J connectivity index is 1.61. The number of aromatic nitrogens is 5. The lowest BCUT2D eigenvalue weighted by atomic mass is 10.2. The maximum absolute atomic E-state index is 12.3. The Morgan fingerprint density at radius 2 is 2.12 bits per heavy atom. The highest BCUT2D eigenvalue weighted by Gasteiger charge is 2.27. The topological polar surface area (TPSA) is 76.8 Å². The average molecular weight is 348 g/mol. The number of hydrogen-bond acceptors (Lipinski definition) is 6. The van der Waals surface area contributed by atoms with E-state index in [1.165, 1.54) is 0 Å². The van der Waals surface area contributed by atoms with Gasteiger partial charge >= 0.3 is 0 Å². The van der Waals surface area contributed by atoms with E-state index in [9.17, 15) is 4.79 Å². The van der Waals surface area contributed by atoms with Crippen molar-refractivity contribution in [3.63, 3.8) is 0 Å². The first-order valence-electron chi connectivity index (χ1n) is 8.75. The van der Waals surface area contributed by atoms with Crippen molar-refractivity contribution in [3.8, 4) is 11.3 Å². The molecule has 1 atom stereocenters. The molecule has 132 valence electrons. The normalized spacial score (nSPS) is 16.8. The van der Waals surface area contributed by atoms with E-state index in [1.807, 2.05) is 25.1 Å². The van der Waals surface area contributed by atoms with Crippen LogP contribution in [0.2, 0.25) is 0 Å². The molecule has 0 radical (unpaired) electrons. The van der Waals surface area contributed by atoms with Gasteiger partial charge in [0.05, 0.1) is 18.3 Å². The van der Waals surface area contributed by atoms with E-state index in [0.717, 1.165) is 42.3 Å². The number of aryl methyl sites for hydroxylation is 1. The average Bonchev–Trinajstić information content (AvgIpc) is 3.12. The van der Waals surface area contributed by atoms with Crippen LogP contribution in [0.1, 0.15) is 18.5 Å².